The van der Waals surface area contributed by atoms with E-state index in [0.29, 0.717) is 5.92 Å². The molecule has 3 unspecified atom stereocenters. The summed E-state index contributed by atoms with van der Waals surface area (Å²) in [5, 5.41) is 18.4. The molecule has 3 nitrogen and oxygen atoms in total. The standard InChI is InChI=1S/C9H15NO2/c10-8-6-1-2-7(8)9(3-6,4-11)5-12/h1-2,6-8,11-12H,3-5,10H2. The monoisotopic (exact) mass is 169 g/mol. The van der Waals surface area contributed by atoms with Crippen molar-refractivity contribution in [2.24, 2.45) is 23.0 Å². The topological polar surface area (TPSA) is 66.5 Å². The maximum absolute atomic E-state index is 9.21. The molecule has 0 spiro atoms. The second kappa shape index (κ2) is 2.55. The molecular formula is C9H15NO2. The van der Waals surface area contributed by atoms with E-state index in [1.165, 1.54) is 0 Å². The zero-order valence-electron chi connectivity index (χ0n) is 6.98. The molecule has 3 atom stereocenters. The predicted octanol–water partition coefficient (Wildman–Crippen LogP) is -0.509. The minimum absolute atomic E-state index is 0.0444. The van der Waals surface area contributed by atoms with Gasteiger partial charge >= 0.3 is 0 Å². The lowest BCUT2D eigenvalue weighted by Gasteiger charge is -2.31. The summed E-state index contributed by atoms with van der Waals surface area (Å²) in [5.74, 6) is 0.548. The quantitative estimate of drug-likeness (QED) is 0.488. The number of aliphatic hydroxyl groups is 2. The van der Waals surface area contributed by atoms with E-state index in [-0.39, 0.29) is 30.6 Å². The summed E-state index contributed by atoms with van der Waals surface area (Å²) in [5.41, 5.74) is 5.59. The molecule has 0 saturated heterocycles. The van der Waals surface area contributed by atoms with Gasteiger partial charge in [-0.3, -0.25) is 0 Å². The number of nitrogens with two attached hydrogens (primary N) is 1. The Balaban J connectivity index is 2.26. The molecule has 2 aliphatic rings. The van der Waals surface area contributed by atoms with E-state index in [4.69, 9.17) is 5.73 Å². The first-order valence-corrected chi connectivity index (χ1v) is 4.39. The molecule has 1 fully saturated rings. The Morgan fingerprint density at radius 1 is 1.33 bits per heavy atom. The number of hydrogen-bond acceptors (Lipinski definition) is 3. The molecule has 12 heavy (non-hydrogen) atoms. The molecule has 0 aromatic heterocycles. The molecular weight excluding hydrogens is 154 g/mol. The molecule has 0 aromatic carbocycles. The largest absolute Gasteiger partial charge is 0.396 e. The Morgan fingerprint density at radius 2 is 2.00 bits per heavy atom. The SMILES string of the molecule is NC1C2C=CC1C(CO)(CO)C2. The van der Waals surface area contributed by atoms with E-state index < -0.39 is 0 Å². The third-order valence-electron chi connectivity index (χ3n) is 3.45. The zero-order chi connectivity index (χ0) is 8.77. The lowest BCUT2D eigenvalue weighted by Crippen LogP contribution is -2.38. The fraction of sp³-hybridized carbons (Fsp3) is 0.778. The third-order valence-corrected chi connectivity index (χ3v) is 3.45. The van der Waals surface area contributed by atoms with Gasteiger partial charge in [-0.25, -0.2) is 0 Å². The summed E-state index contributed by atoms with van der Waals surface area (Å²) in [7, 11) is 0. The highest BCUT2D eigenvalue weighted by molar-refractivity contribution is 5.21. The van der Waals surface area contributed by atoms with Gasteiger partial charge in [-0.1, -0.05) is 12.2 Å². The summed E-state index contributed by atoms with van der Waals surface area (Å²) < 4.78 is 0. The van der Waals surface area contributed by atoms with Crippen LogP contribution in [0.2, 0.25) is 0 Å². The highest BCUT2D eigenvalue weighted by Gasteiger charge is 2.52. The van der Waals surface area contributed by atoms with Crippen LogP contribution in [0.5, 0.6) is 0 Å². The summed E-state index contributed by atoms with van der Waals surface area (Å²) in [6.07, 6.45) is 4.99. The summed E-state index contributed by atoms with van der Waals surface area (Å²) in [4.78, 5) is 0. The van der Waals surface area contributed by atoms with Crippen LogP contribution in [0, 0.1) is 17.3 Å². The van der Waals surface area contributed by atoms with Crippen molar-refractivity contribution >= 4 is 0 Å². The molecule has 2 rings (SSSR count). The fourth-order valence-electron chi connectivity index (χ4n) is 2.60. The minimum atomic E-state index is -0.334. The second-order valence-electron chi connectivity index (χ2n) is 4.03. The van der Waals surface area contributed by atoms with Crippen LogP contribution in [0.4, 0.5) is 0 Å². The van der Waals surface area contributed by atoms with Gasteiger partial charge in [-0.2, -0.15) is 0 Å². The van der Waals surface area contributed by atoms with Gasteiger partial charge in [0.1, 0.15) is 0 Å². The normalized spacial score (nSPS) is 42.4. The van der Waals surface area contributed by atoms with Crippen molar-refractivity contribution < 1.29 is 10.2 Å². The van der Waals surface area contributed by atoms with Gasteiger partial charge in [0.15, 0.2) is 0 Å². The Hall–Kier alpha value is -0.380. The van der Waals surface area contributed by atoms with Gasteiger partial charge in [0.05, 0.1) is 13.2 Å². The van der Waals surface area contributed by atoms with Crippen molar-refractivity contribution in [3.63, 3.8) is 0 Å². The van der Waals surface area contributed by atoms with Crippen molar-refractivity contribution in [2.75, 3.05) is 13.2 Å². The Kier molecular flexibility index (Phi) is 1.75. The van der Waals surface area contributed by atoms with Crippen LogP contribution in [0.3, 0.4) is 0 Å². The van der Waals surface area contributed by atoms with Crippen LogP contribution in [0.1, 0.15) is 6.42 Å². The van der Waals surface area contributed by atoms with Gasteiger partial charge < -0.3 is 15.9 Å². The van der Waals surface area contributed by atoms with Crippen LogP contribution in [0.25, 0.3) is 0 Å². The maximum Gasteiger partial charge on any atom is 0.0515 e. The first-order chi connectivity index (χ1) is 5.73. The van der Waals surface area contributed by atoms with E-state index in [1.807, 2.05) is 6.08 Å². The summed E-state index contributed by atoms with van der Waals surface area (Å²) >= 11 is 0. The molecule has 1 saturated carbocycles. The molecule has 2 bridgehead atoms. The highest BCUT2D eigenvalue weighted by Crippen LogP contribution is 2.50. The van der Waals surface area contributed by atoms with Gasteiger partial charge in [0.2, 0.25) is 0 Å². The van der Waals surface area contributed by atoms with Crippen LogP contribution in [-0.2, 0) is 0 Å². The lowest BCUT2D eigenvalue weighted by atomic mass is 9.77. The van der Waals surface area contributed by atoms with Gasteiger partial charge in [-0.05, 0) is 12.3 Å². The highest BCUT2D eigenvalue weighted by atomic mass is 16.3. The van der Waals surface area contributed by atoms with Crippen molar-refractivity contribution in [3.8, 4) is 0 Å². The first-order valence-electron chi connectivity index (χ1n) is 4.39. The third kappa shape index (κ3) is 0.815. The van der Waals surface area contributed by atoms with Gasteiger partial charge in [0.25, 0.3) is 0 Å². The molecule has 0 amide bonds. The maximum atomic E-state index is 9.21. The molecule has 2 aliphatic carbocycles. The van der Waals surface area contributed by atoms with Crippen LogP contribution < -0.4 is 5.73 Å². The Morgan fingerprint density at radius 3 is 2.25 bits per heavy atom. The van der Waals surface area contributed by atoms with E-state index in [1.54, 1.807) is 0 Å². The molecule has 0 heterocycles. The molecule has 0 aliphatic heterocycles. The fourth-order valence-corrected chi connectivity index (χ4v) is 2.60. The van der Waals surface area contributed by atoms with E-state index in [9.17, 15) is 10.2 Å². The smallest absolute Gasteiger partial charge is 0.0515 e. The van der Waals surface area contributed by atoms with Crippen molar-refractivity contribution in [2.45, 2.75) is 12.5 Å². The van der Waals surface area contributed by atoms with Crippen molar-refractivity contribution in [3.05, 3.63) is 12.2 Å². The first kappa shape index (κ1) is 8.23. The summed E-state index contributed by atoms with van der Waals surface area (Å²) in [6, 6.07) is 0.115. The number of hydrogen-bond donors (Lipinski definition) is 3. The van der Waals surface area contributed by atoms with Gasteiger partial charge in [0, 0.05) is 17.4 Å². The molecule has 3 heteroatoms. The van der Waals surface area contributed by atoms with E-state index in [2.05, 4.69) is 6.08 Å². The Bertz CT molecular complexity index is 211. The molecule has 4 N–H and O–H groups in total. The second-order valence-corrected chi connectivity index (χ2v) is 4.03. The van der Waals surface area contributed by atoms with Crippen molar-refractivity contribution in [1.29, 1.82) is 0 Å². The van der Waals surface area contributed by atoms with E-state index >= 15 is 0 Å². The molecule has 0 aromatic rings. The van der Waals surface area contributed by atoms with Crippen LogP contribution in [-0.4, -0.2) is 29.5 Å². The average molecular weight is 169 g/mol. The summed E-state index contributed by atoms with van der Waals surface area (Å²) in [6.45, 7) is 0.0887. The molecule has 68 valence electrons. The number of rotatable bonds is 2. The number of aliphatic hydroxyl groups excluding tert-OH is 2. The van der Waals surface area contributed by atoms with E-state index in [0.717, 1.165) is 6.42 Å². The van der Waals surface area contributed by atoms with Gasteiger partial charge in [-0.15, -0.1) is 0 Å². The van der Waals surface area contributed by atoms with Crippen molar-refractivity contribution in [1.82, 2.24) is 0 Å². The Labute approximate surface area is 71.9 Å². The zero-order valence-corrected chi connectivity index (χ0v) is 6.98. The lowest BCUT2D eigenvalue weighted by molar-refractivity contribution is 0.0319. The minimum Gasteiger partial charge on any atom is -0.396 e. The number of fused-ring (bicyclic) bond motifs is 2. The molecule has 0 radical (unpaired) electrons. The average Bonchev–Trinajstić information content (AvgIpc) is 2.60. The van der Waals surface area contributed by atoms with Crippen LogP contribution in [0.15, 0.2) is 12.2 Å². The van der Waals surface area contributed by atoms with Crippen LogP contribution >= 0.6 is 0 Å². The predicted molar refractivity (Wildman–Crippen MR) is 45.3 cm³/mol.